The highest BCUT2D eigenvalue weighted by molar-refractivity contribution is 8.16. The summed E-state index contributed by atoms with van der Waals surface area (Å²) in [7, 11) is 3.37. The Labute approximate surface area is 228 Å². The molecular weight excluding hydrogens is 502 g/mol. The van der Waals surface area contributed by atoms with Gasteiger partial charge < -0.3 is 24.0 Å². The highest BCUT2D eigenvalue weighted by atomic mass is 32.2. The largest absolute Gasteiger partial charge is 0.493 e. The lowest BCUT2D eigenvalue weighted by Gasteiger charge is -2.36. The summed E-state index contributed by atoms with van der Waals surface area (Å²) in [4.78, 5) is 34.4. The van der Waals surface area contributed by atoms with Crippen LogP contribution in [0.4, 0.5) is 0 Å². The van der Waals surface area contributed by atoms with Crippen molar-refractivity contribution in [1.82, 2.24) is 9.80 Å². The van der Waals surface area contributed by atoms with Crippen molar-refractivity contribution >= 4 is 28.8 Å². The maximum atomic E-state index is 13.2. The minimum absolute atomic E-state index is 0.00875. The van der Waals surface area contributed by atoms with Crippen molar-refractivity contribution in [1.29, 1.82) is 0 Å². The number of carbonyl (C=O) groups excluding carboxylic acids is 2. The number of carbonyl (C=O) groups is 2. The van der Waals surface area contributed by atoms with Crippen molar-refractivity contribution in [2.45, 2.75) is 39.8 Å². The molecule has 0 bridgehead atoms. The van der Waals surface area contributed by atoms with Gasteiger partial charge in [0.15, 0.2) is 16.7 Å². The number of rotatable bonds is 10. The van der Waals surface area contributed by atoms with E-state index in [-0.39, 0.29) is 18.9 Å². The molecule has 0 aromatic heterocycles. The van der Waals surface area contributed by atoms with Crippen LogP contribution < -0.4 is 9.47 Å². The average Bonchev–Trinajstić information content (AvgIpc) is 3.32. The molecule has 0 radical (unpaired) electrons. The Morgan fingerprint density at radius 2 is 1.87 bits per heavy atom. The van der Waals surface area contributed by atoms with Gasteiger partial charge in [-0.2, -0.15) is 0 Å². The van der Waals surface area contributed by atoms with E-state index in [1.165, 1.54) is 11.8 Å². The van der Waals surface area contributed by atoms with Gasteiger partial charge in [0, 0.05) is 19.3 Å². The second-order valence-corrected chi connectivity index (χ2v) is 9.72. The number of hydrogen-bond acceptors (Lipinski definition) is 8. The van der Waals surface area contributed by atoms with E-state index in [2.05, 4.69) is 0 Å². The summed E-state index contributed by atoms with van der Waals surface area (Å²) >= 11 is 1.44. The number of fused-ring (bicyclic) bond motifs is 1. The van der Waals surface area contributed by atoms with E-state index in [0.717, 1.165) is 16.8 Å². The molecule has 1 amide bonds. The highest BCUT2D eigenvalue weighted by Crippen LogP contribution is 2.46. The Morgan fingerprint density at radius 3 is 2.55 bits per heavy atom. The number of benzene rings is 2. The molecule has 0 fully saturated rings. The smallest absolute Gasteiger partial charge is 0.338 e. The summed E-state index contributed by atoms with van der Waals surface area (Å²) in [6.07, 6.45) is 0.192. The van der Waals surface area contributed by atoms with Crippen LogP contribution in [0.25, 0.3) is 0 Å². The number of methoxy groups -OCH3 is 1. The summed E-state index contributed by atoms with van der Waals surface area (Å²) in [6.45, 7) is 6.77. The van der Waals surface area contributed by atoms with Gasteiger partial charge in [-0.1, -0.05) is 48.2 Å². The Balaban J connectivity index is 1.72. The molecule has 2 aromatic rings. The minimum Gasteiger partial charge on any atom is -0.493 e. The monoisotopic (exact) mass is 535 g/mol. The summed E-state index contributed by atoms with van der Waals surface area (Å²) in [5.74, 6) is 0.692. The van der Waals surface area contributed by atoms with E-state index in [1.54, 1.807) is 26.0 Å². The summed E-state index contributed by atoms with van der Waals surface area (Å²) in [6, 6.07) is 15.0. The van der Waals surface area contributed by atoms with Gasteiger partial charge in [0.2, 0.25) is 5.91 Å². The molecule has 2 aliphatic heterocycles. The molecule has 1 atom stereocenters. The van der Waals surface area contributed by atoms with Gasteiger partial charge in [-0.15, -0.1) is 0 Å². The topological polar surface area (TPSA) is 80.7 Å². The number of amidine groups is 1. The fourth-order valence-corrected chi connectivity index (χ4v) is 5.29. The first-order chi connectivity index (χ1) is 18.4. The molecule has 2 aliphatic rings. The molecule has 0 saturated heterocycles. The van der Waals surface area contributed by atoms with Crippen molar-refractivity contribution in [3.8, 4) is 11.5 Å². The lowest BCUT2D eigenvalue weighted by Crippen LogP contribution is -2.38. The number of allylic oxidation sites excluding steroid dienone is 1. The fraction of sp³-hybridized carbons (Fsp3) is 0.345. The number of thioether (sulfide) groups is 1. The molecule has 0 spiro atoms. The molecule has 9 heteroatoms. The first kappa shape index (κ1) is 27.3. The van der Waals surface area contributed by atoms with E-state index in [9.17, 15) is 9.59 Å². The van der Waals surface area contributed by atoms with Crippen LogP contribution in [0.15, 0.2) is 75.9 Å². The Kier molecular flexibility index (Phi) is 8.78. The van der Waals surface area contributed by atoms with Crippen LogP contribution in [0.1, 0.15) is 44.4 Å². The number of esters is 1. The SMILES string of the molecule is CCOC(=O)C1=C(C)N=C2SC=C(CC(=O)N(C)CC)N2C1c1ccc(OCc2ccccc2)c(OC)c1. The third-order valence-corrected chi connectivity index (χ3v) is 7.36. The molecule has 0 aliphatic carbocycles. The molecule has 38 heavy (non-hydrogen) atoms. The quantitative estimate of drug-likeness (QED) is 0.383. The maximum absolute atomic E-state index is 13.2. The van der Waals surface area contributed by atoms with E-state index in [1.807, 2.05) is 72.7 Å². The number of nitrogens with zero attached hydrogens (tertiary/aromatic N) is 3. The number of amides is 1. The van der Waals surface area contributed by atoms with E-state index < -0.39 is 12.0 Å². The summed E-state index contributed by atoms with van der Waals surface area (Å²) < 4.78 is 17.2. The zero-order valence-corrected chi connectivity index (χ0v) is 23.2. The second kappa shape index (κ2) is 12.2. The van der Waals surface area contributed by atoms with Gasteiger partial charge in [0.05, 0.1) is 37.4 Å². The molecule has 0 N–H and O–H groups in total. The van der Waals surface area contributed by atoms with Crippen LogP contribution >= 0.6 is 11.8 Å². The maximum Gasteiger partial charge on any atom is 0.338 e. The molecule has 8 nitrogen and oxygen atoms in total. The van der Waals surface area contributed by atoms with Crippen molar-refractivity contribution < 1.29 is 23.8 Å². The number of aliphatic imine (C=N–C) groups is 1. The molecular formula is C29H33N3O5S. The fourth-order valence-electron chi connectivity index (χ4n) is 4.33. The van der Waals surface area contributed by atoms with E-state index >= 15 is 0 Å². The first-order valence-electron chi connectivity index (χ1n) is 12.6. The molecule has 1 unspecified atom stereocenters. The lowest BCUT2D eigenvalue weighted by atomic mass is 9.93. The van der Waals surface area contributed by atoms with Gasteiger partial charge in [-0.05, 0) is 49.4 Å². The van der Waals surface area contributed by atoms with Crippen LogP contribution in [0.2, 0.25) is 0 Å². The number of hydrogen-bond donors (Lipinski definition) is 0. The first-order valence-corrected chi connectivity index (χ1v) is 13.5. The molecule has 0 saturated carbocycles. The Morgan fingerprint density at radius 1 is 1.11 bits per heavy atom. The third kappa shape index (κ3) is 5.72. The Hall–Kier alpha value is -3.72. The van der Waals surface area contributed by atoms with Crippen molar-refractivity contribution in [2.24, 2.45) is 4.99 Å². The number of ether oxygens (including phenoxy) is 3. The standard InChI is InChI=1S/C29H33N3O5S/c1-6-31(4)25(33)16-22-18-38-29-30-19(3)26(28(34)36-7-2)27(32(22)29)21-13-14-23(24(15-21)35-5)37-17-20-11-9-8-10-12-20/h8-15,18,27H,6-7,16-17H2,1-5H3. The van der Waals surface area contributed by atoms with Crippen LogP contribution in [-0.2, 0) is 20.9 Å². The van der Waals surface area contributed by atoms with Gasteiger partial charge >= 0.3 is 5.97 Å². The summed E-state index contributed by atoms with van der Waals surface area (Å²) in [5, 5.41) is 2.65. The molecule has 2 heterocycles. The lowest BCUT2D eigenvalue weighted by molar-refractivity contribution is -0.139. The predicted octanol–water partition coefficient (Wildman–Crippen LogP) is 5.28. The molecule has 2 aromatic carbocycles. The average molecular weight is 536 g/mol. The second-order valence-electron chi connectivity index (χ2n) is 8.88. The Bertz CT molecular complexity index is 1290. The van der Waals surface area contributed by atoms with Crippen molar-refractivity contribution in [3.63, 3.8) is 0 Å². The van der Waals surface area contributed by atoms with E-state index in [4.69, 9.17) is 19.2 Å². The molecule has 200 valence electrons. The van der Waals surface area contributed by atoms with Gasteiger partial charge in [-0.3, -0.25) is 4.79 Å². The third-order valence-electron chi connectivity index (χ3n) is 6.47. The highest BCUT2D eigenvalue weighted by Gasteiger charge is 2.41. The van der Waals surface area contributed by atoms with Gasteiger partial charge in [0.1, 0.15) is 6.61 Å². The summed E-state index contributed by atoms with van der Waals surface area (Å²) in [5.41, 5.74) is 3.64. The van der Waals surface area contributed by atoms with Crippen LogP contribution in [0.3, 0.4) is 0 Å². The van der Waals surface area contributed by atoms with Crippen LogP contribution in [0.5, 0.6) is 11.5 Å². The van der Waals surface area contributed by atoms with E-state index in [0.29, 0.717) is 41.1 Å². The predicted molar refractivity (Wildman–Crippen MR) is 149 cm³/mol. The van der Waals surface area contributed by atoms with Crippen molar-refractivity contribution in [3.05, 3.63) is 82.0 Å². The van der Waals surface area contributed by atoms with Gasteiger partial charge in [0.25, 0.3) is 0 Å². The van der Waals surface area contributed by atoms with Gasteiger partial charge in [-0.25, -0.2) is 9.79 Å². The van der Waals surface area contributed by atoms with Crippen LogP contribution in [-0.4, -0.2) is 54.2 Å². The zero-order chi connectivity index (χ0) is 27.2. The van der Waals surface area contributed by atoms with Crippen LogP contribution in [0, 0.1) is 0 Å². The zero-order valence-electron chi connectivity index (χ0n) is 22.4. The van der Waals surface area contributed by atoms with Crippen molar-refractivity contribution in [2.75, 3.05) is 27.3 Å². The molecule has 4 rings (SSSR count). The normalized spacial score (nSPS) is 16.4. The minimum atomic E-state index is -0.542.